The minimum absolute atomic E-state index is 0.169. The Morgan fingerprint density at radius 1 is 1.50 bits per heavy atom. The fourth-order valence-corrected chi connectivity index (χ4v) is 1.29. The fraction of sp³-hybridized carbons (Fsp3) is 0.111. The van der Waals surface area contributed by atoms with E-state index >= 15 is 0 Å². The Kier molecular flexibility index (Phi) is 2.28. The highest BCUT2D eigenvalue weighted by Crippen LogP contribution is 2.29. The van der Waals surface area contributed by atoms with Crippen molar-refractivity contribution in [1.29, 1.82) is 0 Å². The topological polar surface area (TPSA) is 94.1 Å². The van der Waals surface area contributed by atoms with Crippen LogP contribution < -0.4 is 0 Å². The van der Waals surface area contributed by atoms with E-state index in [4.69, 9.17) is 0 Å². The molecular weight excluding hydrogens is 212 g/mol. The molecule has 82 valence electrons. The molecular formula is C9H8N4O3. The molecule has 1 aromatic carbocycles. The summed E-state index contributed by atoms with van der Waals surface area (Å²) in [6, 6.07) is 3.79. The predicted octanol–water partition coefficient (Wildman–Crippen LogP) is 1.10. The number of hydrogen-bond donors (Lipinski definition) is 1. The maximum absolute atomic E-state index is 10.5. The quantitative estimate of drug-likeness (QED) is 0.604. The highest BCUT2D eigenvalue weighted by Gasteiger charge is 2.13. The van der Waals surface area contributed by atoms with Gasteiger partial charge in [0.15, 0.2) is 5.82 Å². The lowest BCUT2D eigenvalue weighted by molar-refractivity contribution is -0.384. The number of aryl methyl sites for hydroxylation is 1. The van der Waals surface area contributed by atoms with Gasteiger partial charge in [0.25, 0.3) is 5.69 Å². The molecule has 0 aliphatic carbocycles. The molecule has 16 heavy (non-hydrogen) atoms. The molecule has 2 aromatic rings. The molecule has 0 amide bonds. The smallest absolute Gasteiger partial charge is 0.273 e. The van der Waals surface area contributed by atoms with E-state index in [1.807, 2.05) is 0 Å². The van der Waals surface area contributed by atoms with E-state index in [0.29, 0.717) is 11.4 Å². The van der Waals surface area contributed by atoms with Crippen LogP contribution in [0, 0.1) is 10.1 Å². The summed E-state index contributed by atoms with van der Waals surface area (Å²) >= 11 is 0. The number of rotatable bonds is 2. The van der Waals surface area contributed by atoms with Crippen LogP contribution in [0.1, 0.15) is 0 Å². The second-order valence-corrected chi connectivity index (χ2v) is 3.20. The van der Waals surface area contributed by atoms with Crippen molar-refractivity contribution in [3.8, 4) is 17.1 Å². The Labute approximate surface area is 90.1 Å². The Bertz CT molecular complexity index is 549. The van der Waals surface area contributed by atoms with Gasteiger partial charge in [-0.05, 0) is 6.07 Å². The van der Waals surface area contributed by atoms with E-state index in [0.717, 1.165) is 6.07 Å². The molecule has 7 heteroatoms. The number of phenols is 1. The van der Waals surface area contributed by atoms with Gasteiger partial charge in [-0.3, -0.25) is 14.8 Å². The zero-order valence-corrected chi connectivity index (χ0v) is 8.36. The van der Waals surface area contributed by atoms with Crippen LogP contribution in [-0.4, -0.2) is 24.8 Å². The summed E-state index contributed by atoms with van der Waals surface area (Å²) in [7, 11) is 1.69. The van der Waals surface area contributed by atoms with Gasteiger partial charge in [-0.15, -0.1) is 0 Å². The molecule has 0 fully saturated rings. The molecule has 0 saturated carbocycles. The minimum atomic E-state index is -0.574. The van der Waals surface area contributed by atoms with Crippen molar-refractivity contribution < 1.29 is 10.0 Å². The molecule has 0 spiro atoms. The molecule has 0 aliphatic heterocycles. The summed E-state index contributed by atoms with van der Waals surface area (Å²) in [4.78, 5) is 13.8. The third kappa shape index (κ3) is 1.70. The van der Waals surface area contributed by atoms with Gasteiger partial charge in [0.2, 0.25) is 0 Å². The van der Waals surface area contributed by atoms with Crippen molar-refractivity contribution >= 4 is 5.69 Å². The summed E-state index contributed by atoms with van der Waals surface area (Å²) < 4.78 is 1.48. The second kappa shape index (κ2) is 3.61. The lowest BCUT2D eigenvalue weighted by atomic mass is 10.2. The van der Waals surface area contributed by atoms with E-state index < -0.39 is 4.92 Å². The Morgan fingerprint density at radius 2 is 2.25 bits per heavy atom. The number of phenolic OH excluding ortho intramolecular Hbond substituents is 1. The highest BCUT2D eigenvalue weighted by atomic mass is 16.6. The average Bonchev–Trinajstić information content (AvgIpc) is 2.64. The third-order valence-electron chi connectivity index (χ3n) is 2.03. The molecule has 0 unspecified atom stereocenters. The van der Waals surface area contributed by atoms with Crippen molar-refractivity contribution in [3.63, 3.8) is 0 Å². The molecule has 1 aromatic heterocycles. The van der Waals surface area contributed by atoms with Crippen molar-refractivity contribution in [2.75, 3.05) is 0 Å². The van der Waals surface area contributed by atoms with Crippen LogP contribution in [0.2, 0.25) is 0 Å². The number of benzene rings is 1. The Morgan fingerprint density at radius 3 is 2.75 bits per heavy atom. The predicted molar refractivity (Wildman–Crippen MR) is 54.8 cm³/mol. The maximum Gasteiger partial charge on any atom is 0.273 e. The summed E-state index contributed by atoms with van der Waals surface area (Å²) in [6.07, 6.45) is 1.48. The standard InChI is InChI=1S/C9H8N4O3/c1-12-5-10-9(11-12)7-3-2-6(13(15)16)4-8(7)14/h2-5,14H,1H3. The van der Waals surface area contributed by atoms with Gasteiger partial charge in [0.1, 0.15) is 12.1 Å². The van der Waals surface area contributed by atoms with E-state index in [1.54, 1.807) is 7.05 Å². The van der Waals surface area contributed by atoms with Gasteiger partial charge in [-0.25, -0.2) is 4.98 Å². The van der Waals surface area contributed by atoms with Crippen LogP contribution in [0.5, 0.6) is 5.75 Å². The average molecular weight is 220 g/mol. The molecule has 1 heterocycles. The van der Waals surface area contributed by atoms with Crippen molar-refractivity contribution in [3.05, 3.63) is 34.6 Å². The monoisotopic (exact) mass is 220 g/mol. The van der Waals surface area contributed by atoms with Gasteiger partial charge in [0.05, 0.1) is 16.6 Å². The van der Waals surface area contributed by atoms with E-state index in [2.05, 4.69) is 10.1 Å². The maximum atomic E-state index is 10.5. The molecule has 0 aliphatic rings. The van der Waals surface area contributed by atoms with Crippen molar-refractivity contribution in [1.82, 2.24) is 14.8 Å². The summed E-state index contributed by atoms with van der Waals surface area (Å²) in [5, 5.41) is 24.1. The van der Waals surface area contributed by atoms with Crippen molar-refractivity contribution in [2.45, 2.75) is 0 Å². The summed E-state index contributed by atoms with van der Waals surface area (Å²) in [5.41, 5.74) is 0.198. The van der Waals surface area contributed by atoms with Gasteiger partial charge in [-0.2, -0.15) is 5.10 Å². The van der Waals surface area contributed by atoms with Crippen molar-refractivity contribution in [2.24, 2.45) is 7.05 Å². The molecule has 7 nitrogen and oxygen atoms in total. The van der Waals surface area contributed by atoms with Crippen LogP contribution in [0.3, 0.4) is 0 Å². The Hall–Kier alpha value is -2.44. The van der Waals surface area contributed by atoms with E-state index in [-0.39, 0.29) is 11.4 Å². The van der Waals surface area contributed by atoms with E-state index in [1.165, 1.54) is 23.1 Å². The first-order valence-electron chi connectivity index (χ1n) is 4.41. The van der Waals surface area contributed by atoms with Crippen LogP contribution in [-0.2, 0) is 7.05 Å². The summed E-state index contributed by atoms with van der Waals surface area (Å²) in [5.74, 6) is 0.121. The number of non-ortho nitro benzene ring substituents is 1. The first kappa shape index (κ1) is 10.1. The number of nitro groups is 1. The SMILES string of the molecule is Cn1cnc(-c2ccc([N+](=O)[O-])cc2O)n1. The largest absolute Gasteiger partial charge is 0.507 e. The molecule has 0 radical (unpaired) electrons. The van der Waals surface area contributed by atoms with Gasteiger partial charge < -0.3 is 5.11 Å². The lowest BCUT2D eigenvalue weighted by Gasteiger charge is -1.99. The zero-order valence-electron chi connectivity index (χ0n) is 8.36. The second-order valence-electron chi connectivity index (χ2n) is 3.20. The molecule has 0 atom stereocenters. The molecule has 0 bridgehead atoms. The number of aromatic nitrogens is 3. The van der Waals surface area contributed by atoms with Gasteiger partial charge >= 0.3 is 0 Å². The molecule has 2 rings (SSSR count). The molecule has 1 N–H and O–H groups in total. The van der Waals surface area contributed by atoms with Crippen LogP contribution in [0.4, 0.5) is 5.69 Å². The highest BCUT2D eigenvalue weighted by molar-refractivity contribution is 5.65. The zero-order chi connectivity index (χ0) is 11.7. The number of aromatic hydroxyl groups is 1. The first-order chi connectivity index (χ1) is 7.58. The number of hydrogen-bond acceptors (Lipinski definition) is 5. The summed E-state index contributed by atoms with van der Waals surface area (Å²) in [6.45, 7) is 0. The Balaban J connectivity index is 2.47. The van der Waals surface area contributed by atoms with Crippen LogP contribution >= 0.6 is 0 Å². The normalized spacial score (nSPS) is 10.3. The van der Waals surface area contributed by atoms with Gasteiger partial charge in [-0.1, -0.05) is 0 Å². The van der Waals surface area contributed by atoms with Gasteiger partial charge in [0, 0.05) is 13.1 Å². The van der Waals surface area contributed by atoms with Crippen LogP contribution in [0.15, 0.2) is 24.5 Å². The number of nitro benzene ring substituents is 1. The number of nitrogens with zero attached hydrogens (tertiary/aromatic N) is 4. The molecule has 0 saturated heterocycles. The lowest BCUT2D eigenvalue weighted by Crippen LogP contribution is -1.90. The third-order valence-corrected chi connectivity index (χ3v) is 2.03. The van der Waals surface area contributed by atoms with E-state index in [9.17, 15) is 15.2 Å². The first-order valence-corrected chi connectivity index (χ1v) is 4.41. The van der Waals surface area contributed by atoms with Crippen LogP contribution in [0.25, 0.3) is 11.4 Å². The fourth-order valence-electron chi connectivity index (χ4n) is 1.29. The minimum Gasteiger partial charge on any atom is -0.507 e.